The molecule has 0 radical (unpaired) electrons. The number of phenolic OH excluding ortho intramolecular Hbond substituents is 1. The van der Waals surface area contributed by atoms with Gasteiger partial charge in [0.05, 0.1) is 18.8 Å². The lowest BCUT2D eigenvalue weighted by Crippen LogP contribution is -2.19. The molecule has 13 heteroatoms. The number of phenols is 1. The lowest BCUT2D eigenvalue weighted by atomic mass is 9.79. The third kappa shape index (κ3) is 11.4. The highest BCUT2D eigenvalue weighted by atomic mass is 32.2. The minimum absolute atomic E-state index is 0.0111. The monoisotopic (exact) mass is 882 g/mol. The first-order chi connectivity index (χ1) is 27.0. The standard InChI is InChI=1S/C47H62O10S3/c1-44(2,3)36-20-28-16-30-22-37(45(4,5)6)24-32(41(30)55-58(13,49)50)18-34-26-39(47(10,11)12)27-35(43(34)57-60(15,53)54)19-33-25-38(46(7,8)9)23-31(17-29(21-36)40(28)48)42(33)56-59(14,51)52/h20-27,48H,16-19H2,1-15H3. The van der Waals surface area contributed by atoms with Crippen LogP contribution in [0.25, 0.3) is 0 Å². The number of benzene rings is 4. The summed E-state index contributed by atoms with van der Waals surface area (Å²) < 4.78 is 96.6. The van der Waals surface area contributed by atoms with Crippen molar-refractivity contribution in [1.82, 2.24) is 0 Å². The summed E-state index contributed by atoms with van der Waals surface area (Å²) >= 11 is 0. The Hall–Kier alpha value is -4.07. The molecule has 0 aromatic heterocycles. The third-order valence-corrected chi connectivity index (χ3v) is 12.1. The number of hydrogen-bond acceptors (Lipinski definition) is 10. The molecule has 0 saturated carbocycles. The maximum atomic E-state index is 13.2. The van der Waals surface area contributed by atoms with Crippen LogP contribution in [0.4, 0.5) is 0 Å². The molecule has 4 aromatic rings. The molecule has 1 aliphatic rings. The van der Waals surface area contributed by atoms with Crippen molar-refractivity contribution >= 4 is 30.4 Å². The van der Waals surface area contributed by atoms with Gasteiger partial charge in [-0.1, -0.05) is 132 Å². The molecule has 1 N–H and O–H groups in total. The van der Waals surface area contributed by atoms with Crippen molar-refractivity contribution in [2.75, 3.05) is 18.8 Å². The van der Waals surface area contributed by atoms with Gasteiger partial charge in [-0.2, -0.15) is 25.3 Å². The second kappa shape index (κ2) is 15.7. The lowest BCUT2D eigenvalue weighted by molar-refractivity contribution is 0.460. The van der Waals surface area contributed by atoms with E-state index in [1.54, 1.807) is 0 Å². The smallest absolute Gasteiger partial charge is 0.306 e. The van der Waals surface area contributed by atoms with Gasteiger partial charge in [-0.15, -0.1) is 0 Å². The number of aromatic hydroxyl groups is 1. The van der Waals surface area contributed by atoms with E-state index in [-0.39, 0.29) is 48.7 Å². The van der Waals surface area contributed by atoms with Crippen molar-refractivity contribution in [3.05, 3.63) is 115 Å². The van der Waals surface area contributed by atoms with Crippen LogP contribution >= 0.6 is 0 Å². The van der Waals surface area contributed by atoms with Crippen LogP contribution in [0.5, 0.6) is 23.0 Å². The summed E-state index contributed by atoms with van der Waals surface area (Å²) in [6.45, 7) is 24.5. The highest BCUT2D eigenvalue weighted by Gasteiger charge is 2.31. The second-order valence-corrected chi connectivity index (χ2v) is 25.3. The summed E-state index contributed by atoms with van der Waals surface area (Å²) in [6.07, 6.45) is 3.02. The molecule has 0 spiro atoms. The minimum Gasteiger partial charge on any atom is -0.507 e. The van der Waals surface area contributed by atoms with E-state index in [4.69, 9.17) is 12.5 Å². The average molecular weight is 883 g/mol. The van der Waals surface area contributed by atoms with E-state index in [0.717, 1.165) is 41.0 Å². The number of fused-ring (bicyclic) bond motifs is 8. The normalized spacial score (nSPS) is 14.4. The van der Waals surface area contributed by atoms with E-state index >= 15 is 0 Å². The van der Waals surface area contributed by atoms with Crippen molar-refractivity contribution < 1.29 is 42.9 Å². The van der Waals surface area contributed by atoms with Gasteiger partial charge in [0, 0.05) is 59.1 Å². The van der Waals surface area contributed by atoms with Gasteiger partial charge in [0.2, 0.25) is 0 Å². The fourth-order valence-corrected chi connectivity index (χ4v) is 8.96. The van der Waals surface area contributed by atoms with Crippen LogP contribution < -0.4 is 12.5 Å². The minimum atomic E-state index is -4.15. The maximum Gasteiger partial charge on any atom is 0.306 e. The Morgan fingerprint density at radius 1 is 0.367 bits per heavy atom. The van der Waals surface area contributed by atoms with Gasteiger partial charge in [0.15, 0.2) is 0 Å². The Labute approximate surface area is 359 Å². The van der Waals surface area contributed by atoms with Crippen LogP contribution in [0.15, 0.2) is 48.5 Å². The third-order valence-electron chi connectivity index (χ3n) is 10.7. The van der Waals surface area contributed by atoms with Crippen molar-refractivity contribution in [1.29, 1.82) is 0 Å². The molecule has 0 heterocycles. The number of rotatable bonds is 6. The average Bonchev–Trinajstić information content (AvgIpc) is 3.02. The highest BCUT2D eigenvalue weighted by Crippen LogP contribution is 2.44. The van der Waals surface area contributed by atoms with Crippen molar-refractivity contribution in [2.24, 2.45) is 0 Å². The number of hydrogen-bond donors (Lipinski definition) is 1. The van der Waals surface area contributed by atoms with Gasteiger partial charge in [0.25, 0.3) is 0 Å². The van der Waals surface area contributed by atoms with E-state index < -0.39 is 52.0 Å². The molecular weight excluding hydrogens is 821 g/mol. The lowest BCUT2D eigenvalue weighted by Gasteiger charge is -2.28. The van der Waals surface area contributed by atoms with Gasteiger partial charge in [-0.05, 0) is 55.0 Å². The van der Waals surface area contributed by atoms with E-state index in [0.29, 0.717) is 44.5 Å². The van der Waals surface area contributed by atoms with Crippen LogP contribution in [-0.4, -0.2) is 49.1 Å². The van der Waals surface area contributed by atoms with E-state index in [1.807, 2.05) is 111 Å². The van der Waals surface area contributed by atoms with Crippen LogP contribution in [0, 0.1) is 0 Å². The maximum absolute atomic E-state index is 13.2. The fourth-order valence-electron chi connectivity index (χ4n) is 7.41. The van der Waals surface area contributed by atoms with Crippen LogP contribution in [0.3, 0.4) is 0 Å². The molecule has 0 aliphatic heterocycles. The van der Waals surface area contributed by atoms with Gasteiger partial charge in [-0.25, -0.2) is 0 Å². The zero-order valence-corrected chi connectivity index (χ0v) is 40.2. The topological polar surface area (TPSA) is 150 Å². The Morgan fingerprint density at radius 3 is 0.700 bits per heavy atom. The molecule has 328 valence electrons. The van der Waals surface area contributed by atoms with Crippen molar-refractivity contribution in [2.45, 2.75) is 130 Å². The molecule has 0 atom stereocenters. The summed E-state index contributed by atoms with van der Waals surface area (Å²) in [4.78, 5) is 0. The summed E-state index contributed by atoms with van der Waals surface area (Å²) in [6, 6.07) is 15.1. The SMILES string of the molecule is CC(C)(C)c1cc2c(O)c(c1)Cc1cc(C(C)(C)C)cc(c1OS(C)(=O)=O)Cc1cc(C(C)(C)C)cc(c1OS(C)(=O)=O)Cc1cc(C(C)(C)C)cc(c1OS(C)(=O)=O)C2. The Balaban J connectivity index is 2.08. The first kappa shape index (κ1) is 47.0. The summed E-state index contributed by atoms with van der Waals surface area (Å²) in [7, 11) is -12.4. The molecule has 0 amide bonds. The zero-order chi connectivity index (χ0) is 45.3. The molecule has 60 heavy (non-hydrogen) atoms. The molecule has 1 aliphatic carbocycles. The van der Waals surface area contributed by atoms with E-state index in [1.165, 1.54) is 0 Å². The molecule has 4 aromatic carbocycles. The Kier molecular flexibility index (Phi) is 12.3. The molecule has 0 fully saturated rings. The molecule has 0 unspecified atom stereocenters. The molecule has 0 saturated heterocycles. The molecule has 8 bridgehead atoms. The summed E-state index contributed by atoms with van der Waals surface area (Å²) in [5.74, 6) is 0.171. The first-order valence-electron chi connectivity index (χ1n) is 20.0. The van der Waals surface area contributed by atoms with Crippen LogP contribution in [0.2, 0.25) is 0 Å². The quantitative estimate of drug-likeness (QED) is 0.164. The second-order valence-electron chi connectivity index (χ2n) is 20.6. The van der Waals surface area contributed by atoms with Crippen LogP contribution in [0.1, 0.15) is 150 Å². The van der Waals surface area contributed by atoms with Gasteiger partial charge >= 0.3 is 30.4 Å². The summed E-state index contributed by atoms with van der Waals surface area (Å²) in [5, 5.41) is 12.3. The molecule has 10 nitrogen and oxygen atoms in total. The zero-order valence-electron chi connectivity index (χ0n) is 37.8. The predicted octanol–water partition coefficient (Wildman–Crippen LogP) is 9.27. The Bertz CT molecular complexity index is 2530. The molecular formula is C47H62O10S3. The highest BCUT2D eigenvalue weighted by molar-refractivity contribution is 7.86. The van der Waals surface area contributed by atoms with Crippen molar-refractivity contribution in [3.8, 4) is 23.0 Å². The predicted molar refractivity (Wildman–Crippen MR) is 240 cm³/mol. The van der Waals surface area contributed by atoms with E-state index in [9.17, 15) is 30.4 Å². The van der Waals surface area contributed by atoms with Gasteiger partial charge < -0.3 is 17.7 Å². The largest absolute Gasteiger partial charge is 0.507 e. The summed E-state index contributed by atoms with van der Waals surface area (Å²) in [5.41, 5.74) is 5.60. The molecule has 5 rings (SSSR count). The van der Waals surface area contributed by atoms with Crippen molar-refractivity contribution in [3.63, 3.8) is 0 Å². The van der Waals surface area contributed by atoms with Gasteiger partial charge in [-0.3, -0.25) is 0 Å². The first-order valence-corrected chi connectivity index (χ1v) is 25.5. The van der Waals surface area contributed by atoms with E-state index in [2.05, 4.69) is 20.8 Å². The fraction of sp³-hybridized carbons (Fsp3) is 0.489. The Morgan fingerprint density at radius 2 is 0.533 bits per heavy atom. The van der Waals surface area contributed by atoms with Crippen LogP contribution in [-0.2, 0) is 77.7 Å². The van der Waals surface area contributed by atoms with Gasteiger partial charge in [0.1, 0.15) is 23.0 Å².